The second-order valence-electron chi connectivity index (χ2n) is 6.45. The molecule has 1 amide bonds. The third-order valence-corrected chi connectivity index (χ3v) is 5.58. The van der Waals surface area contributed by atoms with Crippen LogP contribution in [0.3, 0.4) is 0 Å². The van der Waals surface area contributed by atoms with Crippen molar-refractivity contribution in [2.75, 3.05) is 31.1 Å². The second kappa shape index (κ2) is 6.36. The van der Waals surface area contributed by atoms with Crippen LogP contribution in [0.25, 0.3) is 0 Å². The van der Waals surface area contributed by atoms with Crippen LogP contribution in [-0.2, 0) is 4.79 Å². The Labute approximate surface area is 126 Å². The van der Waals surface area contributed by atoms with Crippen LogP contribution in [0.1, 0.15) is 39.5 Å². The van der Waals surface area contributed by atoms with Crippen LogP contribution in [0, 0.1) is 16.7 Å². The molecule has 0 aromatic heterocycles. The maximum absolute atomic E-state index is 12.1. The van der Waals surface area contributed by atoms with Gasteiger partial charge in [-0.1, -0.05) is 12.8 Å². The molecule has 112 valence electrons. The number of hydrogen-bond acceptors (Lipinski definition) is 4. The molecule has 2 aliphatic rings. The zero-order valence-electron chi connectivity index (χ0n) is 12.6. The van der Waals surface area contributed by atoms with E-state index in [4.69, 9.17) is 5.26 Å². The number of hydrogen-bond donors (Lipinski definition) is 1. The van der Waals surface area contributed by atoms with E-state index >= 15 is 0 Å². The summed E-state index contributed by atoms with van der Waals surface area (Å²) in [6.45, 7) is 6.31. The highest BCUT2D eigenvalue weighted by atomic mass is 32.2. The average Bonchev–Trinajstić information content (AvgIpc) is 2.95. The molecule has 2 rings (SSSR count). The summed E-state index contributed by atoms with van der Waals surface area (Å²) in [5, 5.41) is 12.1. The highest BCUT2D eigenvalue weighted by Gasteiger charge is 2.41. The van der Waals surface area contributed by atoms with Crippen molar-refractivity contribution in [2.24, 2.45) is 5.41 Å². The highest BCUT2D eigenvalue weighted by molar-refractivity contribution is 7.99. The predicted octanol–water partition coefficient (Wildman–Crippen LogP) is 2.01. The molecule has 4 nitrogen and oxygen atoms in total. The molecule has 1 saturated heterocycles. The molecule has 2 fully saturated rings. The number of thioether (sulfide) groups is 1. The number of rotatable bonds is 4. The minimum Gasteiger partial charge on any atom is -0.353 e. The van der Waals surface area contributed by atoms with E-state index in [1.165, 1.54) is 37.2 Å². The van der Waals surface area contributed by atoms with Crippen molar-refractivity contribution in [3.8, 4) is 6.07 Å². The predicted molar refractivity (Wildman–Crippen MR) is 82.5 cm³/mol. The molecule has 20 heavy (non-hydrogen) atoms. The van der Waals surface area contributed by atoms with Crippen molar-refractivity contribution in [2.45, 2.75) is 45.1 Å². The first-order chi connectivity index (χ1) is 9.50. The number of nitrogens with zero attached hydrogens (tertiary/aromatic N) is 2. The Kier molecular flexibility index (Phi) is 4.98. The zero-order chi connectivity index (χ0) is 14.6. The van der Waals surface area contributed by atoms with Crippen LogP contribution in [0.5, 0.6) is 0 Å². The third-order valence-electron chi connectivity index (χ3n) is 4.64. The molecular formula is C15H25N3OS. The molecule has 0 aromatic carbocycles. The van der Waals surface area contributed by atoms with E-state index in [0.717, 1.165) is 13.1 Å². The summed E-state index contributed by atoms with van der Waals surface area (Å²) < 4.78 is 0. The molecule has 1 heterocycles. The lowest BCUT2D eigenvalue weighted by molar-refractivity contribution is -0.127. The standard InChI is InChI=1S/C15H25N3OS/c1-14(2,11-16)13(19)17-12-15(5-3-4-6-15)18-7-9-20-10-8-18/h3-10,12H2,1-2H3,(H,17,19). The van der Waals surface area contributed by atoms with E-state index in [0.29, 0.717) is 6.54 Å². The summed E-state index contributed by atoms with van der Waals surface area (Å²) in [5.41, 5.74) is -0.792. The summed E-state index contributed by atoms with van der Waals surface area (Å²) in [6, 6.07) is 2.08. The normalized spacial score (nSPS) is 23.2. The van der Waals surface area contributed by atoms with Gasteiger partial charge >= 0.3 is 0 Å². The molecule has 1 aliphatic heterocycles. The molecule has 5 heteroatoms. The summed E-state index contributed by atoms with van der Waals surface area (Å²) in [4.78, 5) is 14.7. The molecular weight excluding hydrogens is 270 g/mol. The minimum atomic E-state index is -0.933. The van der Waals surface area contributed by atoms with Gasteiger partial charge in [0.1, 0.15) is 5.41 Å². The van der Waals surface area contributed by atoms with Crippen molar-refractivity contribution < 1.29 is 4.79 Å². The maximum Gasteiger partial charge on any atom is 0.239 e. The van der Waals surface area contributed by atoms with E-state index in [-0.39, 0.29) is 11.4 Å². The number of amides is 1. The van der Waals surface area contributed by atoms with E-state index in [1.54, 1.807) is 13.8 Å². The molecule has 0 unspecified atom stereocenters. The van der Waals surface area contributed by atoms with Crippen molar-refractivity contribution >= 4 is 17.7 Å². The smallest absolute Gasteiger partial charge is 0.239 e. The van der Waals surface area contributed by atoms with E-state index < -0.39 is 5.41 Å². The topological polar surface area (TPSA) is 56.1 Å². The fourth-order valence-electron chi connectivity index (χ4n) is 3.19. The van der Waals surface area contributed by atoms with E-state index in [9.17, 15) is 4.79 Å². The van der Waals surface area contributed by atoms with E-state index in [1.807, 2.05) is 11.8 Å². The molecule has 0 aromatic rings. The lowest BCUT2D eigenvalue weighted by Gasteiger charge is -2.43. The number of nitriles is 1. The fraction of sp³-hybridized carbons (Fsp3) is 0.867. The summed E-state index contributed by atoms with van der Waals surface area (Å²) in [6.07, 6.45) is 4.85. The zero-order valence-corrected chi connectivity index (χ0v) is 13.4. The second-order valence-corrected chi connectivity index (χ2v) is 7.68. The Morgan fingerprint density at radius 3 is 2.50 bits per heavy atom. The quantitative estimate of drug-likeness (QED) is 0.862. The molecule has 1 aliphatic carbocycles. The molecule has 0 atom stereocenters. The van der Waals surface area contributed by atoms with E-state index in [2.05, 4.69) is 16.3 Å². The lowest BCUT2D eigenvalue weighted by Crippen LogP contribution is -2.57. The summed E-state index contributed by atoms with van der Waals surface area (Å²) in [5.74, 6) is 2.25. The summed E-state index contributed by atoms with van der Waals surface area (Å²) in [7, 11) is 0. The third kappa shape index (κ3) is 3.29. The lowest BCUT2D eigenvalue weighted by atomic mass is 9.91. The van der Waals surface area contributed by atoms with Gasteiger partial charge in [-0.15, -0.1) is 0 Å². The van der Waals surface area contributed by atoms with Gasteiger partial charge in [0.25, 0.3) is 0 Å². The first-order valence-electron chi connectivity index (χ1n) is 7.53. The van der Waals surface area contributed by atoms with Crippen LogP contribution >= 0.6 is 11.8 Å². The highest BCUT2D eigenvalue weighted by Crippen LogP contribution is 2.36. The van der Waals surface area contributed by atoms with Crippen molar-refractivity contribution in [1.82, 2.24) is 10.2 Å². The number of nitrogens with one attached hydrogen (secondary N) is 1. The van der Waals surface area contributed by atoms with Gasteiger partial charge in [0.05, 0.1) is 6.07 Å². The molecule has 0 bridgehead atoms. The van der Waals surface area contributed by atoms with Gasteiger partial charge in [0.15, 0.2) is 0 Å². The van der Waals surface area contributed by atoms with Gasteiger partial charge in [-0.25, -0.2) is 0 Å². The van der Waals surface area contributed by atoms with Crippen LogP contribution in [0.4, 0.5) is 0 Å². The van der Waals surface area contributed by atoms with Gasteiger partial charge < -0.3 is 5.32 Å². The molecule has 1 N–H and O–H groups in total. The first kappa shape index (κ1) is 15.7. The Balaban J connectivity index is 1.99. The van der Waals surface area contributed by atoms with Crippen LogP contribution in [-0.4, -0.2) is 47.5 Å². The average molecular weight is 295 g/mol. The molecule has 0 spiro atoms. The van der Waals surface area contributed by atoms with Crippen LogP contribution in [0.2, 0.25) is 0 Å². The Morgan fingerprint density at radius 2 is 1.95 bits per heavy atom. The largest absolute Gasteiger partial charge is 0.353 e. The van der Waals surface area contributed by atoms with Crippen molar-refractivity contribution in [1.29, 1.82) is 5.26 Å². The van der Waals surface area contributed by atoms with Gasteiger partial charge in [0.2, 0.25) is 5.91 Å². The van der Waals surface area contributed by atoms with Gasteiger partial charge in [-0.2, -0.15) is 17.0 Å². The van der Waals surface area contributed by atoms with Crippen molar-refractivity contribution in [3.63, 3.8) is 0 Å². The van der Waals surface area contributed by atoms with Gasteiger partial charge in [0, 0.05) is 36.7 Å². The molecule has 0 radical (unpaired) electrons. The van der Waals surface area contributed by atoms with Crippen LogP contribution in [0.15, 0.2) is 0 Å². The number of carbonyl (C=O) groups excluding carboxylic acids is 1. The molecule has 1 saturated carbocycles. The minimum absolute atomic E-state index is 0.141. The fourth-order valence-corrected chi connectivity index (χ4v) is 4.10. The Morgan fingerprint density at radius 1 is 1.35 bits per heavy atom. The van der Waals surface area contributed by atoms with Crippen molar-refractivity contribution in [3.05, 3.63) is 0 Å². The van der Waals surface area contributed by atoms with Gasteiger partial charge in [-0.3, -0.25) is 9.69 Å². The maximum atomic E-state index is 12.1. The van der Waals surface area contributed by atoms with Crippen LogP contribution < -0.4 is 5.32 Å². The first-order valence-corrected chi connectivity index (χ1v) is 8.68. The summed E-state index contributed by atoms with van der Waals surface area (Å²) >= 11 is 2.02. The Hall–Kier alpha value is -0.730. The number of carbonyl (C=O) groups is 1. The SMILES string of the molecule is CC(C)(C#N)C(=O)NCC1(N2CCSCC2)CCCC1. The monoisotopic (exact) mass is 295 g/mol. The Bertz CT molecular complexity index is 390. The van der Waals surface area contributed by atoms with Gasteiger partial charge in [-0.05, 0) is 26.7 Å².